The van der Waals surface area contributed by atoms with Gasteiger partial charge in [0, 0.05) is 5.92 Å². The minimum Gasteiger partial charge on any atom is -0.461 e. The molecule has 0 aromatic heterocycles. The van der Waals surface area contributed by atoms with Crippen LogP contribution in [0.2, 0.25) is 0 Å². The molecule has 5 nitrogen and oxygen atoms in total. The molecule has 0 saturated carbocycles. The lowest BCUT2D eigenvalue weighted by Gasteiger charge is -2.31. The summed E-state index contributed by atoms with van der Waals surface area (Å²) in [7, 11) is 1.95. The zero-order chi connectivity index (χ0) is 15.6. The van der Waals surface area contributed by atoms with Crippen molar-refractivity contribution in [3.63, 3.8) is 0 Å². The van der Waals surface area contributed by atoms with E-state index < -0.39 is 5.79 Å². The van der Waals surface area contributed by atoms with Crippen LogP contribution in [0.5, 0.6) is 0 Å². The maximum Gasteiger partial charge on any atom is 0.311 e. The van der Waals surface area contributed by atoms with E-state index in [2.05, 4.69) is 0 Å². The molecule has 0 radical (unpaired) electrons. The van der Waals surface area contributed by atoms with Crippen LogP contribution in [0.3, 0.4) is 0 Å². The van der Waals surface area contributed by atoms with Crippen LogP contribution in [0.4, 0.5) is 0 Å². The van der Waals surface area contributed by atoms with Crippen molar-refractivity contribution in [2.24, 2.45) is 5.92 Å². The van der Waals surface area contributed by atoms with Crippen molar-refractivity contribution in [1.29, 1.82) is 0 Å². The highest BCUT2D eigenvalue weighted by atomic mass is 16.7. The molecule has 2 heterocycles. The van der Waals surface area contributed by atoms with Crippen LogP contribution in [0, 0.1) is 5.92 Å². The van der Waals surface area contributed by atoms with Crippen LogP contribution in [-0.2, 0) is 30.3 Å². The maximum atomic E-state index is 12.2. The van der Waals surface area contributed by atoms with E-state index in [-0.39, 0.29) is 37.0 Å². The predicted octanol–water partition coefficient (Wildman–Crippen LogP) is 0.857. The molecule has 2 saturated heterocycles. The van der Waals surface area contributed by atoms with E-state index >= 15 is 0 Å². The summed E-state index contributed by atoms with van der Waals surface area (Å²) in [5, 5.41) is 0. The summed E-state index contributed by atoms with van der Waals surface area (Å²) in [6.07, 6.45) is 0.0509. The van der Waals surface area contributed by atoms with Crippen LogP contribution in [0.15, 0.2) is 30.3 Å². The third-order valence-electron chi connectivity index (χ3n) is 4.41. The molecule has 0 amide bonds. The molecule has 1 aromatic carbocycles. The monoisotopic (exact) mass is 304 g/mol. The van der Waals surface area contributed by atoms with E-state index in [1.165, 1.54) is 0 Å². The summed E-state index contributed by atoms with van der Waals surface area (Å²) >= 11 is 0. The van der Waals surface area contributed by atoms with Crippen molar-refractivity contribution in [1.82, 2.24) is 0 Å². The van der Waals surface area contributed by atoms with Crippen molar-refractivity contribution in [3.05, 3.63) is 35.9 Å². The lowest BCUT2D eigenvalue weighted by Crippen LogP contribution is -2.41. The number of fused-ring (bicyclic) bond motifs is 2. The smallest absolute Gasteiger partial charge is 0.311 e. The lowest BCUT2D eigenvalue weighted by molar-refractivity contribution is -0.242. The summed E-state index contributed by atoms with van der Waals surface area (Å²) in [6, 6.07) is 9.53. The van der Waals surface area contributed by atoms with Gasteiger partial charge in [0.15, 0.2) is 5.79 Å². The molecule has 3 rings (SSSR count). The van der Waals surface area contributed by atoms with Gasteiger partial charge in [-0.15, -0.1) is 0 Å². The minimum absolute atomic E-state index is 0.00530. The van der Waals surface area contributed by atoms with Crippen LogP contribution in [0.1, 0.15) is 18.9 Å². The SMILES string of the molecule is B[C@@H]1O[C@@]2(CC(=O)OCc3ccccc3)OCCO[C@H]1C2C. The number of esters is 1. The molecule has 118 valence electrons. The number of carbonyl (C=O) groups is 1. The summed E-state index contributed by atoms with van der Waals surface area (Å²) in [6.45, 7) is 3.23. The number of benzene rings is 1. The summed E-state index contributed by atoms with van der Waals surface area (Å²) in [5.41, 5.74) is 0.963. The zero-order valence-electron chi connectivity index (χ0n) is 13.0. The molecule has 0 N–H and O–H groups in total. The maximum absolute atomic E-state index is 12.2. The summed E-state index contributed by atoms with van der Waals surface area (Å²) in [5.74, 6) is -1.24. The molecule has 1 unspecified atom stereocenters. The second kappa shape index (κ2) is 6.40. The van der Waals surface area contributed by atoms with Gasteiger partial charge in [0.1, 0.15) is 14.5 Å². The molecule has 0 aliphatic carbocycles. The van der Waals surface area contributed by atoms with Gasteiger partial charge in [0.25, 0.3) is 0 Å². The first-order chi connectivity index (χ1) is 10.6. The molecular weight excluding hydrogens is 283 g/mol. The van der Waals surface area contributed by atoms with Gasteiger partial charge < -0.3 is 18.9 Å². The highest BCUT2D eigenvalue weighted by molar-refractivity contribution is 6.11. The molecule has 1 aromatic rings. The summed E-state index contributed by atoms with van der Waals surface area (Å²) in [4.78, 5) is 12.2. The Kier molecular flexibility index (Phi) is 4.52. The first-order valence-electron chi connectivity index (χ1n) is 7.74. The second-order valence-corrected chi connectivity index (χ2v) is 5.93. The predicted molar refractivity (Wildman–Crippen MR) is 81.9 cm³/mol. The quantitative estimate of drug-likeness (QED) is 0.610. The highest BCUT2D eigenvalue weighted by Gasteiger charge is 2.55. The number of rotatable bonds is 4. The average Bonchev–Trinajstić information content (AvgIpc) is 2.63. The molecule has 22 heavy (non-hydrogen) atoms. The lowest BCUT2D eigenvalue weighted by atomic mass is 9.86. The first kappa shape index (κ1) is 15.5. The Morgan fingerprint density at radius 1 is 1.36 bits per heavy atom. The highest BCUT2D eigenvalue weighted by Crippen LogP contribution is 2.42. The molecule has 4 atom stereocenters. The van der Waals surface area contributed by atoms with Gasteiger partial charge in [0.2, 0.25) is 0 Å². The first-order valence-corrected chi connectivity index (χ1v) is 7.74. The fourth-order valence-corrected chi connectivity index (χ4v) is 3.23. The molecule has 6 heteroatoms. The fraction of sp³-hybridized carbons (Fsp3) is 0.562. The number of hydrogen-bond donors (Lipinski definition) is 0. The van der Waals surface area contributed by atoms with Gasteiger partial charge in [-0.2, -0.15) is 0 Å². The normalized spacial score (nSPS) is 34.1. The minimum atomic E-state index is -0.922. The van der Waals surface area contributed by atoms with Gasteiger partial charge in [-0.05, 0) is 5.56 Å². The second-order valence-electron chi connectivity index (χ2n) is 5.93. The van der Waals surface area contributed by atoms with E-state index in [1.54, 1.807) is 0 Å². The van der Waals surface area contributed by atoms with Gasteiger partial charge in [-0.3, -0.25) is 4.79 Å². The van der Waals surface area contributed by atoms with Crippen molar-refractivity contribution in [2.45, 2.75) is 37.8 Å². The number of carbonyl (C=O) groups excluding carboxylic acids is 1. The third kappa shape index (κ3) is 3.04. The molecule has 2 aliphatic heterocycles. The molecule has 2 bridgehead atoms. The van der Waals surface area contributed by atoms with Gasteiger partial charge in [-0.25, -0.2) is 0 Å². The Bertz CT molecular complexity index is 523. The van der Waals surface area contributed by atoms with Crippen LogP contribution >= 0.6 is 0 Å². The van der Waals surface area contributed by atoms with Gasteiger partial charge in [-0.1, -0.05) is 37.3 Å². The van der Waals surface area contributed by atoms with Crippen molar-refractivity contribution >= 4 is 13.8 Å². The van der Waals surface area contributed by atoms with E-state index in [0.717, 1.165) is 5.56 Å². The average molecular weight is 304 g/mol. The Labute approximate surface area is 131 Å². The third-order valence-corrected chi connectivity index (χ3v) is 4.41. The molecule has 2 fully saturated rings. The van der Waals surface area contributed by atoms with E-state index in [4.69, 9.17) is 18.9 Å². The number of ether oxygens (including phenoxy) is 4. The Hall–Kier alpha value is -1.37. The molecule has 0 spiro atoms. The Balaban J connectivity index is 1.62. The van der Waals surface area contributed by atoms with Crippen LogP contribution in [0.25, 0.3) is 0 Å². The van der Waals surface area contributed by atoms with Crippen LogP contribution < -0.4 is 0 Å². The Morgan fingerprint density at radius 2 is 2.14 bits per heavy atom. The van der Waals surface area contributed by atoms with E-state index in [1.807, 2.05) is 45.1 Å². The van der Waals surface area contributed by atoms with Crippen molar-refractivity contribution in [3.8, 4) is 0 Å². The van der Waals surface area contributed by atoms with Gasteiger partial charge in [0.05, 0.1) is 31.7 Å². The Morgan fingerprint density at radius 3 is 2.91 bits per heavy atom. The van der Waals surface area contributed by atoms with Crippen molar-refractivity contribution in [2.75, 3.05) is 13.2 Å². The fourth-order valence-electron chi connectivity index (χ4n) is 3.23. The van der Waals surface area contributed by atoms with Crippen molar-refractivity contribution < 1.29 is 23.7 Å². The summed E-state index contributed by atoms with van der Waals surface area (Å²) < 4.78 is 22.9. The van der Waals surface area contributed by atoms with E-state index in [9.17, 15) is 4.79 Å². The number of hydrogen-bond acceptors (Lipinski definition) is 5. The van der Waals surface area contributed by atoms with E-state index in [0.29, 0.717) is 13.2 Å². The van der Waals surface area contributed by atoms with Gasteiger partial charge >= 0.3 is 5.97 Å². The van der Waals surface area contributed by atoms with Crippen LogP contribution in [-0.4, -0.2) is 44.9 Å². The topological polar surface area (TPSA) is 54.0 Å². The zero-order valence-corrected chi connectivity index (χ0v) is 13.0. The molecular formula is C16H21BO5. The molecule has 2 aliphatic rings. The standard InChI is InChI=1S/C16H21BO5/c1-11-14-15(17)22-16(11,21-8-7-19-14)9-13(18)20-10-12-5-3-2-4-6-12/h2-6,11,14-15H,7-10,17H2,1H3/t11?,14-,15+,16+/m0/s1. The largest absolute Gasteiger partial charge is 0.461 e.